The number of carbonyl (C=O) groups is 2. The van der Waals surface area contributed by atoms with Crippen molar-refractivity contribution in [3.63, 3.8) is 0 Å². The quantitative estimate of drug-likeness (QED) is 0.875. The largest absolute Gasteiger partial charge is 0.480 e. The summed E-state index contributed by atoms with van der Waals surface area (Å²) in [5.74, 6) is -0.664. The monoisotopic (exact) mass is 307 g/mol. The zero-order valence-electron chi connectivity index (χ0n) is 13.8. The van der Waals surface area contributed by atoms with Crippen LogP contribution in [-0.2, 0) is 16.0 Å². The molecule has 0 fully saturated rings. The summed E-state index contributed by atoms with van der Waals surface area (Å²) in [4.78, 5) is 23.0. The number of rotatable bonds is 5. The molecule has 1 rings (SSSR count). The third-order valence-electron chi connectivity index (χ3n) is 3.08. The van der Waals surface area contributed by atoms with Crippen LogP contribution in [0.5, 0.6) is 0 Å². The summed E-state index contributed by atoms with van der Waals surface area (Å²) in [5.41, 5.74) is 1.38. The van der Waals surface area contributed by atoms with E-state index in [0.29, 0.717) is 5.92 Å². The molecular weight excluding hydrogens is 282 g/mol. The molecule has 0 heterocycles. The average Bonchev–Trinajstić information content (AvgIpc) is 2.36. The van der Waals surface area contributed by atoms with Crippen molar-refractivity contribution < 1.29 is 19.4 Å². The van der Waals surface area contributed by atoms with E-state index in [4.69, 9.17) is 4.74 Å². The summed E-state index contributed by atoms with van der Waals surface area (Å²) in [7, 11) is 0. The number of aliphatic carboxylic acids is 1. The molecule has 0 radical (unpaired) electrons. The lowest BCUT2D eigenvalue weighted by Gasteiger charge is -2.22. The molecule has 0 spiro atoms. The average molecular weight is 307 g/mol. The van der Waals surface area contributed by atoms with Gasteiger partial charge >= 0.3 is 12.1 Å². The van der Waals surface area contributed by atoms with Crippen molar-refractivity contribution in [2.24, 2.45) is 0 Å². The van der Waals surface area contributed by atoms with Gasteiger partial charge in [0, 0.05) is 6.42 Å². The lowest BCUT2D eigenvalue weighted by atomic mass is 9.99. The van der Waals surface area contributed by atoms with Gasteiger partial charge in [-0.3, -0.25) is 0 Å². The predicted molar refractivity (Wildman–Crippen MR) is 85.0 cm³/mol. The molecule has 0 bridgehead atoms. The SMILES string of the molecule is CC(C)c1ccc(CC(NC(=O)OC(C)(C)C)C(=O)O)cc1. The molecule has 122 valence electrons. The Hall–Kier alpha value is -2.04. The molecule has 0 aliphatic heterocycles. The molecule has 0 saturated heterocycles. The summed E-state index contributed by atoms with van der Waals surface area (Å²) in [5, 5.41) is 11.7. The Labute approximate surface area is 131 Å². The highest BCUT2D eigenvalue weighted by Crippen LogP contribution is 2.16. The molecule has 0 aliphatic carbocycles. The molecule has 1 unspecified atom stereocenters. The maximum Gasteiger partial charge on any atom is 0.408 e. The van der Waals surface area contributed by atoms with Gasteiger partial charge in [0.15, 0.2) is 0 Å². The van der Waals surface area contributed by atoms with Gasteiger partial charge < -0.3 is 15.2 Å². The summed E-state index contributed by atoms with van der Waals surface area (Å²) >= 11 is 0. The zero-order valence-corrected chi connectivity index (χ0v) is 13.8. The molecule has 0 aliphatic rings. The lowest BCUT2D eigenvalue weighted by molar-refractivity contribution is -0.139. The van der Waals surface area contributed by atoms with E-state index in [0.717, 1.165) is 5.56 Å². The maximum absolute atomic E-state index is 11.7. The number of carboxylic acid groups (broad SMARTS) is 1. The van der Waals surface area contributed by atoms with Gasteiger partial charge in [0.25, 0.3) is 0 Å². The molecule has 1 aromatic carbocycles. The Morgan fingerprint density at radius 3 is 2.14 bits per heavy atom. The molecular formula is C17H25NO4. The van der Waals surface area contributed by atoms with Crippen LogP contribution in [0.3, 0.4) is 0 Å². The van der Waals surface area contributed by atoms with E-state index < -0.39 is 23.7 Å². The number of ether oxygens (including phenoxy) is 1. The van der Waals surface area contributed by atoms with Crippen LogP contribution in [0, 0.1) is 0 Å². The van der Waals surface area contributed by atoms with Crippen molar-refractivity contribution in [2.45, 2.75) is 58.6 Å². The number of amides is 1. The first-order valence-electron chi connectivity index (χ1n) is 7.39. The van der Waals surface area contributed by atoms with Crippen LogP contribution >= 0.6 is 0 Å². The topological polar surface area (TPSA) is 75.6 Å². The van der Waals surface area contributed by atoms with E-state index in [1.807, 2.05) is 24.3 Å². The van der Waals surface area contributed by atoms with Crippen LogP contribution in [0.2, 0.25) is 0 Å². The molecule has 5 heteroatoms. The van der Waals surface area contributed by atoms with Crippen LogP contribution in [0.4, 0.5) is 4.79 Å². The van der Waals surface area contributed by atoms with E-state index in [9.17, 15) is 14.7 Å². The molecule has 1 aromatic rings. The van der Waals surface area contributed by atoms with E-state index in [2.05, 4.69) is 19.2 Å². The molecule has 1 atom stereocenters. The fraction of sp³-hybridized carbons (Fsp3) is 0.529. The fourth-order valence-corrected chi connectivity index (χ4v) is 1.92. The lowest BCUT2D eigenvalue weighted by Crippen LogP contribution is -2.44. The van der Waals surface area contributed by atoms with Gasteiger partial charge in [0.2, 0.25) is 0 Å². The smallest absolute Gasteiger partial charge is 0.408 e. The minimum absolute atomic E-state index is 0.215. The molecule has 0 saturated carbocycles. The Morgan fingerprint density at radius 2 is 1.73 bits per heavy atom. The van der Waals surface area contributed by atoms with Crippen molar-refractivity contribution in [2.75, 3.05) is 0 Å². The Morgan fingerprint density at radius 1 is 1.18 bits per heavy atom. The van der Waals surface area contributed by atoms with Gasteiger partial charge in [-0.15, -0.1) is 0 Å². The number of carbonyl (C=O) groups excluding carboxylic acids is 1. The second-order valence-electron chi connectivity index (χ2n) is 6.64. The second kappa shape index (κ2) is 7.29. The van der Waals surface area contributed by atoms with Gasteiger partial charge in [-0.1, -0.05) is 38.1 Å². The number of carboxylic acids is 1. The second-order valence-corrected chi connectivity index (χ2v) is 6.64. The van der Waals surface area contributed by atoms with Crippen LogP contribution in [0.15, 0.2) is 24.3 Å². The molecule has 5 nitrogen and oxygen atoms in total. The van der Waals surface area contributed by atoms with E-state index in [1.54, 1.807) is 20.8 Å². The van der Waals surface area contributed by atoms with Crippen LogP contribution in [0.1, 0.15) is 51.7 Å². The number of nitrogens with one attached hydrogen (secondary N) is 1. The van der Waals surface area contributed by atoms with E-state index >= 15 is 0 Å². The first-order valence-corrected chi connectivity index (χ1v) is 7.39. The number of hydrogen-bond donors (Lipinski definition) is 2. The van der Waals surface area contributed by atoms with Crippen LogP contribution < -0.4 is 5.32 Å². The van der Waals surface area contributed by atoms with Crippen molar-refractivity contribution in [1.82, 2.24) is 5.32 Å². The molecule has 0 aromatic heterocycles. The third-order valence-corrected chi connectivity index (χ3v) is 3.08. The molecule has 22 heavy (non-hydrogen) atoms. The zero-order chi connectivity index (χ0) is 16.9. The van der Waals surface area contributed by atoms with Gasteiger partial charge in [-0.25, -0.2) is 9.59 Å². The Balaban J connectivity index is 2.72. The third kappa shape index (κ3) is 6.16. The molecule has 2 N–H and O–H groups in total. The minimum Gasteiger partial charge on any atom is -0.480 e. The highest BCUT2D eigenvalue weighted by atomic mass is 16.6. The highest BCUT2D eigenvalue weighted by Gasteiger charge is 2.24. The van der Waals surface area contributed by atoms with Crippen molar-refractivity contribution in [3.8, 4) is 0 Å². The summed E-state index contributed by atoms with van der Waals surface area (Å²) in [6.07, 6.45) is -0.508. The van der Waals surface area contributed by atoms with Crippen molar-refractivity contribution >= 4 is 12.1 Å². The first-order chi connectivity index (χ1) is 10.1. The van der Waals surface area contributed by atoms with E-state index in [1.165, 1.54) is 5.56 Å². The van der Waals surface area contributed by atoms with Crippen molar-refractivity contribution in [1.29, 1.82) is 0 Å². The van der Waals surface area contributed by atoms with Gasteiger partial charge in [-0.2, -0.15) is 0 Å². The normalized spacial score (nSPS) is 12.8. The number of hydrogen-bond acceptors (Lipinski definition) is 3. The minimum atomic E-state index is -1.08. The summed E-state index contributed by atoms with van der Waals surface area (Å²) in [6.45, 7) is 9.38. The molecule has 1 amide bonds. The standard InChI is InChI=1S/C17H25NO4/c1-11(2)13-8-6-12(7-9-13)10-14(15(19)20)18-16(21)22-17(3,4)5/h6-9,11,14H,10H2,1-5H3,(H,18,21)(H,19,20). The highest BCUT2D eigenvalue weighted by molar-refractivity contribution is 5.80. The van der Waals surface area contributed by atoms with E-state index in [-0.39, 0.29) is 6.42 Å². The Kier molecular flexibility index (Phi) is 5.97. The fourth-order valence-electron chi connectivity index (χ4n) is 1.92. The van der Waals surface area contributed by atoms with Gasteiger partial charge in [-0.05, 0) is 37.8 Å². The summed E-state index contributed by atoms with van der Waals surface area (Å²) in [6, 6.07) is 6.72. The summed E-state index contributed by atoms with van der Waals surface area (Å²) < 4.78 is 5.09. The Bertz CT molecular complexity index is 514. The maximum atomic E-state index is 11.7. The van der Waals surface area contributed by atoms with Crippen LogP contribution in [-0.4, -0.2) is 28.8 Å². The first kappa shape index (κ1) is 18.0. The van der Waals surface area contributed by atoms with Crippen molar-refractivity contribution in [3.05, 3.63) is 35.4 Å². The van der Waals surface area contributed by atoms with Gasteiger partial charge in [0.05, 0.1) is 0 Å². The number of benzene rings is 1. The number of alkyl carbamates (subject to hydrolysis) is 1. The van der Waals surface area contributed by atoms with Crippen LogP contribution in [0.25, 0.3) is 0 Å². The predicted octanol–water partition coefficient (Wildman–Crippen LogP) is 3.33. The van der Waals surface area contributed by atoms with Gasteiger partial charge in [0.1, 0.15) is 11.6 Å².